The molecule has 0 spiro atoms. The molecule has 0 aliphatic rings. The van der Waals surface area contributed by atoms with Crippen molar-refractivity contribution >= 4 is 10.8 Å². The van der Waals surface area contributed by atoms with Crippen LogP contribution in [-0.2, 0) is 10.8 Å². The van der Waals surface area contributed by atoms with Crippen molar-refractivity contribution in [3.8, 4) is 0 Å². The molecule has 92 valence electrons. The summed E-state index contributed by atoms with van der Waals surface area (Å²) in [7, 11) is -0.771. The first-order chi connectivity index (χ1) is 6.88. The van der Waals surface area contributed by atoms with E-state index in [9.17, 15) is 4.21 Å². The second-order valence-corrected chi connectivity index (χ2v) is 7.21. The highest BCUT2D eigenvalue weighted by molar-refractivity contribution is 7.86. The van der Waals surface area contributed by atoms with Crippen molar-refractivity contribution in [2.24, 2.45) is 0 Å². The Kier molecular flexibility index (Phi) is 7.40. The molecule has 0 radical (unpaired) electrons. The molecular weight excluding hydrogens is 210 g/mol. The number of hydrogen-bond acceptors (Lipinski definition) is 3. The average molecular weight is 235 g/mol. The van der Waals surface area contributed by atoms with E-state index in [4.69, 9.17) is 5.11 Å². The monoisotopic (exact) mass is 235 g/mol. The number of rotatable bonds is 7. The molecule has 0 aromatic carbocycles. The zero-order chi connectivity index (χ0) is 11.9. The lowest BCUT2D eigenvalue weighted by Gasteiger charge is -2.19. The predicted octanol–water partition coefficient (Wildman–Crippen LogP) is 1.28. The Labute approximate surface area is 96.1 Å². The average Bonchev–Trinajstić information content (AvgIpc) is 2.13. The summed E-state index contributed by atoms with van der Waals surface area (Å²) in [5, 5.41) is 12.0. The molecule has 3 nitrogen and oxygen atoms in total. The van der Waals surface area contributed by atoms with E-state index in [0.717, 1.165) is 19.4 Å². The van der Waals surface area contributed by atoms with Gasteiger partial charge in [0.25, 0.3) is 0 Å². The van der Waals surface area contributed by atoms with Gasteiger partial charge in [-0.05, 0) is 40.5 Å². The maximum absolute atomic E-state index is 11.7. The highest BCUT2D eigenvalue weighted by atomic mass is 32.2. The first-order valence-corrected chi connectivity index (χ1v) is 6.92. The zero-order valence-electron chi connectivity index (χ0n) is 10.4. The Morgan fingerprint density at radius 1 is 1.40 bits per heavy atom. The molecular formula is C11H25NO2S. The van der Waals surface area contributed by atoms with Crippen LogP contribution in [0, 0.1) is 0 Å². The van der Waals surface area contributed by atoms with Crippen LogP contribution in [0.5, 0.6) is 0 Å². The molecule has 0 saturated heterocycles. The van der Waals surface area contributed by atoms with E-state index < -0.39 is 10.8 Å². The summed E-state index contributed by atoms with van der Waals surface area (Å²) >= 11 is 0. The number of aliphatic hydroxyl groups excluding tert-OH is 1. The summed E-state index contributed by atoms with van der Waals surface area (Å²) in [6.45, 7) is 9.13. The SMILES string of the molecule is CC(CCCO)NCCS(=O)C(C)(C)C. The highest BCUT2D eigenvalue weighted by Crippen LogP contribution is 2.10. The first kappa shape index (κ1) is 15.1. The molecule has 2 atom stereocenters. The number of hydrogen-bond donors (Lipinski definition) is 2. The molecule has 0 bridgehead atoms. The normalized spacial score (nSPS) is 16.3. The van der Waals surface area contributed by atoms with Crippen LogP contribution in [0.2, 0.25) is 0 Å². The van der Waals surface area contributed by atoms with Crippen molar-refractivity contribution < 1.29 is 9.32 Å². The standard InChI is InChI=1S/C11H25NO2S/c1-10(6-5-8-13)12-7-9-15(14)11(2,3)4/h10,12-13H,5-9H2,1-4H3. The maximum atomic E-state index is 11.7. The molecule has 0 rings (SSSR count). The fraction of sp³-hybridized carbons (Fsp3) is 1.00. The van der Waals surface area contributed by atoms with E-state index in [1.807, 2.05) is 20.8 Å². The van der Waals surface area contributed by atoms with Gasteiger partial charge in [0, 0.05) is 40.5 Å². The van der Waals surface area contributed by atoms with Crippen LogP contribution in [0.1, 0.15) is 40.5 Å². The molecule has 0 fully saturated rings. The lowest BCUT2D eigenvalue weighted by Crippen LogP contribution is -2.33. The van der Waals surface area contributed by atoms with Crippen LogP contribution < -0.4 is 5.32 Å². The molecule has 2 N–H and O–H groups in total. The van der Waals surface area contributed by atoms with E-state index in [0.29, 0.717) is 11.8 Å². The topological polar surface area (TPSA) is 49.3 Å². The quantitative estimate of drug-likeness (QED) is 0.699. The first-order valence-electron chi connectivity index (χ1n) is 5.60. The molecule has 2 unspecified atom stereocenters. The minimum absolute atomic E-state index is 0.115. The van der Waals surface area contributed by atoms with Crippen molar-refractivity contribution in [1.82, 2.24) is 5.32 Å². The third-order valence-electron chi connectivity index (χ3n) is 2.26. The van der Waals surface area contributed by atoms with Crippen LogP contribution >= 0.6 is 0 Å². The largest absolute Gasteiger partial charge is 0.396 e. The van der Waals surface area contributed by atoms with E-state index in [1.165, 1.54) is 0 Å². The van der Waals surface area contributed by atoms with Gasteiger partial charge in [0.2, 0.25) is 0 Å². The van der Waals surface area contributed by atoms with Crippen LogP contribution in [0.15, 0.2) is 0 Å². The van der Waals surface area contributed by atoms with Crippen molar-refractivity contribution in [2.75, 3.05) is 18.9 Å². The third-order valence-corrected chi connectivity index (χ3v) is 4.20. The summed E-state index contributed by atoms with van der Waals surface area (Å²) < 4.78 is 11.6. The predicted molar refractivity (Wildman–Crippen MR) is 66.5 cm³/mol. The minimum atomic E-state index is -0.771. The summed E-state index contributed by atoms with van der Waals surface area (Å²) in [5.41, 5.74) is 0. The molecule has 4 heteroatoms. The number of aliphatic hydroxyl groups is 1. The van der Waals surface area contributed by atoms with Crippen molar-refractivity contribution in [1.29, 1.82) is 0 Å². The minimum Gasteiger partial charge on any atom is -0.396 e. The zero-order valence-corrected chi connectivity index (χ0v) is 11.2. The smallest absolute Gasteiger partial charge is 0.0431 e. The molecule has 0 aromatic heterocycles. The van der Waals surface area contributed by atoms with Crippen LogP contribution in [0.3, 0.4) is 0 Å². The van der Waals surface area contributed by atoms with Gasteiger partial charge in [0.05, 0.1) is 0 Å². The highest BCUT2D eigenvalue weighted by Gasteiger charge is 2.18. The Morgan fingerprint density at radius 2 is 2.00 bits per heavy atom. The van der Waals surface area contributed by atoms with E-state index in [2.05, 4.69) is 12.2 Å². The molecule has 0 aliphatic carbocycles. The van der Waals surface area contributed by atoms with Gasteiger partial charge in [-0.2, -0.15) is 0 Å². The Balaban J connectivity index is 3.57. The fourth-order valence-electron chi connectivity index (χ4n) is 1.20. The summed E-state index contributed by atoms with van der Waals surface area (Å²) in [5.74, 6) is 0.701. The lowest BCUT2D eigenvalue weighted by molar-refractivity contribution is 0.277. The van der Waals surface area contributed by atoms with Crippen LogP contribution in [0.25, 0.3) is 0 Å². The Bertz CT molecular complexity index is 190. The molecule has 0 aromatic rings. The van der Waals surface area contributed by atoms with Gasteiger partial charge in [-0.3, -0.25) is 4.21 Å². The van der Waals surface area contributed by atoms with Gasteiger partial charge in [-0.25, -0.2) is 0 Å². The molecule has 0 saturated carbocycles. The van der Waals surface area contributed by atoms with E-state index in [-0.39, 0.29) is 11.4 Å². The van der Waals surface area contributed by atoms with Crippen LogP contribution in [-0.4, -0.2) is 39.0 Å². The van der Waals surface area contributed by atoms with Gasteiger partial charge >= 0.3 is 0 Å². The number of nitrogens with one attached hydrogen (secondary N) is 1. The van der Waals surface area contributed by atoms with Gasteiger partial charge in [0.15, 0.2) is 0 Å². The van der Waals surface area contributed by atoms with Crippen molar-refractivity contribution in [3.63, 3.8) is 0 Å². The molecule has 0 aliphatic heterocycles. The Hall–Kier alpha value is 0.0700. The lowest BCUT2D eigenvalue weighted by atomic mass is 10.2. The third kappa shape index (κ3) is 7.94. The molecule has 0 heterocycles. The van der Waals surface area contributed by atoms with E-state index in [1.54, 1.807) is 0 Å². The van der Waals surface area contributed by atoms with Gasteiger partial charge in [-0.1, -0.05) is 0 Å². The fourth-order valence-corrected chi connectivity index (χ4v) is 2.12. The molecule has 15 heavy (non-hydrogen) atoms. The summed E-state index contributed by atoms with van der Waals surface area (Å²) in [6.07, 6.45) is 1.80. The maximum Gasteiger partial charge on any atom is 0.0431 e. The Morgan fingerprint density at radius 3 is 2.47 bits per heavy atom. The summed E-state index contributed by atoms with van der Waals surface area (Å²) in [6, 6.07) is 0.397. The molecule has 0 amide bonds. The summed E-state index contributed by atoms with van der Waals surface area (Å²) in [4.78, 5) is 0. The second-order valence-electron chi connectivity index (χ2n) is 4.88. The van der Waals surface area contributed by atoms with Gasteiger partial charge < -0.3 is 10.4 Å². The van der Waals surface area contributed by atoms with Crippen molar-refractivity contribution in [3.05, 3.63) is 0 Å². The van der Waals surface area contributed by atoms with Gasteiger partial charge in [-0.15, -0.1) is 0 Å². The van der Waals surface area contributed by atoms with Crippen molar-refractivity contribution in [2.45, 2.75) is 51.3 Å². The van der Waals surface area contributed by atoms with Gasteiger partial charge in [0.1, 0.15) is 0 Å². The van der Waals surface area contributed by atoms with E-state index >= 15 is 0 Å². The second kappa shape index (κ2) is 7.36. The van der Waals surface area contributed by atoms with Crippen LogP contribution in [0.4, 0.5) is 0 Å².